The van der Waals surface area contributed by atoms with Crippen molar-refractivity contribution >= 4 is 11.6 Å². The monoisotopic (exact) mass is 782 g/mol. The second-order valence-electron chi connectivity index (χ2n) is 16.9. The van der Waals surface area contributed by atoms with E-state index in [9.17, 15) is 20.3 Å². The SMILES string of the molecule is C=CCOC12Oc3ccc(OCCN4CC4)cc3C3C(CCCCO)C(CCCCO)C=C(C(=NOC(C)(C)C)CC1N(CCC)C(=O)c1ccc(C#N)cc1)C32. The van der Waals surface area contributed by atoms with Gasteiger partial charge in [-0.25, -0.2) is 0 Å². The van der Waals surface area contributed by atoms with Crippen molar-refractivity contribution in [2.75, 3.05) is 52.6 Å². The number of rotatable bonds is 20. The van der Waals surface area contributed by atoms with Crippen molar-refractivity contribution in [3.8, 4) is 17.6 Å². The zero-order valence-corrected chi connectivity index (χ0v) is 34.3. The fourth-order valence-electron chi connectivity index (χ4n) is 9.01. The topological polar surface area (TPSA) is 137 Å². The number of carbonyl (C=O) groups excluding carboxylic acids is 1. The Kier molecular flexibility index (Phi) is 14.2. The summed E-state index contributed by atoms with van der Waals surface area (Å²) in [6.45, 7) is 16.5. The van der Waals surface area contributed by atoms with E-state index in [4.69, 9.17) is 24.2 Å². The number of carbonyl (C=O) groups is 1. The number of unbranched alkanes of at least 4 members (excludes halogenated alkanes) is 2. The number of fused-ring (bicyclic) bond motifs is 2. The molecule has 1 saturated carbocycles. The van der Waals surface area contributed by atoms with Crippen LogP contribution in [-0.2, 0) is 9.57 Å². The van der Waals surface area contributed by atoms with Gasteiger partial charge in [-0.3, -0.25) is 9.69 Å². The van der Waals surface area contributed by atoms with Crippen molar-refractivity contribution < 1.29 is 34.1 Å². The molecule has 2 aromatic carbocycles. The van der Waals surface area contributed by atoms with Crippen LogP contribution >= 0.6 is 0 Å². The smallest absolute Gasteiger partial charge is 0.254 e. The maximum Gasteiger partial charge on any atom is 0.254 e. The van der Waals surface area contributed by atoms with Crippen molar-refractivity contribution in [3.63, 3.8) is 0 Å². The summed E-state index contributed by atoms with van der Waals surface area (Å²) in [5.41, 5.74) is 3.17. The van der Waals surface area contributed by atoms with Gasteiger partial charge >= 0.3 is 0 Å². The Morgan fingerprint density at radius 3 is 2.49 bits per heavy atom. The Morgan fingerprint density at radius 2 is 1.84 bits per heavy atom. The maximum absolute atomic E-state index is 14.8. The molecule has 2 aliphatic carbocycles. The van der Waals surface area contributed by atoms with Crippen LogP contribution in [0.3, 0.4) is 0 Å². The number of aliphatic hydroxyl groups excluding tert-OH is 2. The molecule has 2 N–H and O–H groups in total. The molecule has 6 unspecified atom stereocenters. The number of allylic oxidation sites excluding steroid dienone is 1. The van der Waals surface area contributed by atoms with Crippen LogP contribution < -0.4 is 9.47 Å². The van der Waals surface area contributed by atoms with Crippen LogP contribution in [-0.4, -0.2) is 102 Å². The Labute approximate surface area is 338 Å². The van der Waals surface area contributed by atoms with E-state index in [0.717, 1.165) is 67.9 Å². The quantitative estimate of drug-likeness (QED) is 0.0617. The summed E-state index contributed by atoms with van der Waals surface area (Å²) < 4.78 is 20.8. The lowest BCUT2D eigenvalue weighted by atomic mass is 9.55. The summed E-state index contributed by atoms with van der Waals surface area (Å²) in [7, 11) is 0. The van der Waals surface area contributed by atoms with Gasteiger partial charge in [-0.15, -0.1) is 6.58 Å². The fraction of sp³-hybridized carbons (Fsp3) is 0.587. The number of nitriles is 1. The molecule has 57 heavy (non-hydrogen) atoms. The van der Waals surface area contributed by atoms with Gasteiger partial charge in [-0.05, 0) is 113 Å². The Hall–Kier alpha value is -4.21. The van der Waals surface area contributed by atoms with Crippen LogP contribution in [0.15, 0.2) is 71.9 Å². The molecule has 308 valence electrons. The van der Waals surface area contributed by atoms with Gasteiger partial charge in [0.15, 0.2) is 0 Å². The van der Waals surface area contributed by atoms with Gasteiger partial charge in [0.05, 0.1) is 29.9 Å². The molecule has 2 aromatic rings. The van der Waals surface area contributed by atoms with Crippen LogP contribution in [0.4, 0.5) is 0 Å². The van der Waals surface area contributed by atoms with E-state index >= 15 is 0 Å². The fourth-order valence-corrected chi connectivity index (χ4v) is 9.01. The largest absolute Gasteiger partial charge is 0.492 e. The highest BCUT2D eigenvalue weighted by Gasteiger charge is 2.65. The third kappa shape index (κ3) is 9.74. The Balaban J connectivity index is 1.58. The molecule has 11 nitrogen and oxygen atoms in total. The minimum atomic E-state index is -1.34. The average molecular weight is 783 g/mol. The molecule has 11 heteroatoms. The zero-order valence-electron chi connectivity index (χ0n) is 34.3. The number of amides is 1. The van der Waals surface area contributed by atoms with Gasteiger partial charge in [0, 0.05) is 62.9 Å². The van der Waals surface area contributed by atoms with Gasteiger partial charge in [0.25, 0.3) is 5.91 Å². The second-order valence-corrected chi connectivity index (χ2v) is 16.9. The molecular formula is C46H62N4O7. The van der Waals surface area contributed by atoms with E-state index in [2.05, 4.69) is 36.6 Å². The van der Waals surface area contributed by atoms with Gasteiger partial charge in [-0.2, -0.15) is 5.26 Å². The number of hydrogen-bond acceptors (Lipinski definition) is 10. The first-order valence-corrected chi connectivity index (χ1v) is 21.0. The van der Waals surface area contributed by atoms with Crippen LogP contribution in [0.5, 0.6) is 11.5 Å². The highest BCUT2D eigenvalue weighted by Crippen LogP contribution is 2.62. The molecular weight excluding hydrogens is 721 g/mol. The molecule has 1 saturated heterocycles. The van der Waals surface area contributed by atoms with Crippen molar-refractivity contribution in [3.05, 3.63) is 83.5 Å². The third-order valence-electron chi connectivity index (χ3n) is 11.7. The summed E-state index contributed by atoms with van der Waals surface area (Å²) in [4.78, 5) is 25.3. The number of benzene rings is 2. The molecule has 0 radical (unpaired) electrons. The number of hydrogen-bond donors (Lipinski definition) is 2. The van der Waals surface area contributed by atoms with Gasteiger partial charge in [0.2, 0.25) is 5.79 Å². The zero-order chi connectivity index (χ0) is 40.6. The maximum atomic E-state index is 14.8. The van der Waals surface area contributed by atoms with Crippen LogP contribution in [0, 0.1) is 29.1 Å². The lowest BCUT2D eigenvalue weighted by Crippen LogP contribution is -2.70. The van der Waals surface area contributed by atoms with Crippen LogP contribution in [0.1, 0.15) is 106 Å². The van der Waals surface area contributed by atoms with Crippen molar-refractivity contribution in [2.45, 2.75) is 102 Å². The number of nitrogens with zero attached hydrogens (tertiary/aromatic N) is 4. The summed E-state index contributed by atoms with van der Waals surface area (Å²) in [5, 5.41) is 34.2. The highest BCUT2D eigenvalue weighted by atomic mass is 16.7. The molecule has 6 atom stereocenters. The van der Waals surface area contributed by atoms with Crippen molar-refractivity contribution in [2.24, 2.45) is 22.9 Å². The normalized spacial score (nSPS) is 25.7. The van der Waals surface area contributed by atoms with Gasteiger partial charge < -0.3 is 34.2 Å². The summed E-state index contributed by atoms with van der Waals surface area (Å²) >= 11 is 0. The molecule has 1 amide bonds. The van der Waals surface area contributed by atoms with Gasteiger partial charge in [-0.1, -0.05) is 37.1 Å². The molecule has 4 aliphatic rings. The van der Waals surface area contributed by atoms with E-state index in [1.165, 1.54) is 0 Å². The van der Waals surface area contributed by atoms with Crippen molar-refractivity contribution in [1.82, 2.24) is 9.80 Å². The average Bonchev–Trinajstić information content (AvgIpc) is 4.04. The molecule has 0 bridgehead atoms. The second kappa shape index (κ2) is 19.0. The molecule has 2 aliphatic heterocycles. The highest BCUT2D eigenvalue weighted by molar-refractivity contribution is 6.03. The number of ether oxygens (including phenoxy) is 3. The van der Waals surface area contributed by atoms with E-state index in [-0.39, 0.29) is 43.5 Å². The first-order valence-electron chi connectivity index (χ1n) is 21.0. The minimum Gasteiger partial charge on any atom is -0.492 e. The minimum absolute atomic E-state index is 0.114. The van der Waals surface area contributed by atoms with Crippen LogP contribution in [0.2, 0.25) is 0 Å². The number of aliphatic hydroxyl groups is 2. The molecule has 0 spiro atoms. The summed E-state index contributed by atoms with van der Waals surface area (Å²) in [6, 6.07) is 14.4. The predicted molar refractivity (Wildman–Crippen MR) is 220 cm³/mol. The lowest BCUT2D eigenvalue weighted by Gasteiger charge is -2.60. The van der Waals surface area contributed by atoms with E-state index in [1.807, 2.05) is 37.8 Å². The van der Waals surface area contributed by atoms with Crippen LogP contribution in [0.25, 0.3) is 0 Å². The van der Waals surface area contributed by atoms with E-state index < -0.39 is 23.3 Å². The van der Waals surface area contributed by atoms with Crippen molar-refractivity contribution in [1.29, 1.82) is 5.26 Å². The molecule has 6 rings (SSSR count). The number of oxime groups is 1. The Bertz CT molecular complexity index is 1790. The van der Waals surface area contributed by atoms with E-state index in [1.54, 1.807) is 30.3 Å². The van der Waals surface area contributed by atoms with Gasteiger partial charge in [0.1, 0.15) is 29.7 Å². The third-order valence-corrected chi connectivity index (χ3v) is 11.7. The standard InChI is InChI=1S/C46H62N4O7/c1-6-20-50(44(53)33-16-14-32(31-47)15-17-33)41-30-39(48-57-45(3,4)5)37-28-34(12-8-10-24-51)36(13-9-11-25-52)42-38-29-35(54-27-23-49-21-22-49)18-19-40(38)56-46(41,43(37)42)55-26-7-2/h7,14-19,28-29,34,36,41-43,51-52H,2,6,8-13,20-27,30H2,1,3-5H3. The lowest BCUT2D eigenvalue weighted by molar-refractivity contribution is -0.254. The summed E-state index contributed by atoms with van der Waals surface area (Å²) in [5.74, 6) is -0.351. The summed E-state index contributed by atoms with van der Waals surface area (Å²) in [6.07, 6.45) is 9.90. The Morgan fingerprint density at radius 1 is 1.11 bits per heavy atom. The molecule has 2 fully saturated rings. The molecule has 2 heterocycles. The van der Waals surface area contributed by atoms with E-state index in [0.29, 0.717) is 55.7 Å². The first kappa shape index (κ1) is 42.4. The predicted octanol–water partition coefficient (Wildman–Crippen LogP) is 7.24. The first-order chi connectivity index (χ1) is 27.6. The molecule has 0 aromatic heterocycles.